The van der Waals surface area contributed by atoms with Crippen LogP contribution >= 0.6 is 28.1 Å². The Bertz CT molecular complexity index is 1210. The highest BCUT2D eigenvalue weighted by atomic mass is 79.9. The topological polar surface area (TPSA) is 50.9 Å². The van der Waals surface area contributed by atoms with Gasteiger partial charge in [0.1, 0.15) is 0 Å². The number of hydrogen-bond acceptors (Lipinski definition) is 3. The van der Waals surface area contributed by atoms with Crippen LogP contribution in [0, 0.1) is 11.7 Å². The molecule has 0 saturated carbocycles. The predicted octanol–water partition coefficient (Wildman–Crippen LogP) is 5.46. The van der Waals surface area contributed by atoms with E-state index in [9.17, 15) is 0 Å². The average Bonchev–Trinajstić information content (AvgIpc) is 3.19. The first kappa shape index (κ1) is 18.8. The zero-order valence-corrected chi connectivity index (χ0v) is 18.1. The van der Waals surface area contributed by atoms with Gasteiger partial charge in [0.05, 0.1) is 6.21 Å². The zero-order valence-electron chi connectivity index (χ0n) is 15.7. The molecule has 5 nitrogen and oxygen atoms in total. The maximum Gasteiger partial charge on any atom is 0.216 e. The summed E-state index contributed by atoms with van der Waals surface area (Å²) in [7, 11) is 0. The van der Waals surface area contributed by atoms with E-state index >= 15 is 0 Å². The van der Waals surface area contributed by atoms with Gasteiger partial charge in [0.15, 0.2) is 5.82 Å². The Hall–Kier alpha value is -2.51. The minimum absolute atomic E-state index is 0.504. The molecule has 0 spiro atoms. The highest BCUT2D eigenvalue weighted by molar-refractivity contribution is 9.10. The van der Waals surface area contributed by atoms with Crippen LogP contribution in [-0.2, 0) is 13.0 Å². The van der Waals surface area contributed by atoms with Gasteiger partial charge in [0, 0.05) is 39.6 Å². The summed E-state index contributed by atoms with van der Waals surface area (Å²) in [5.41, 5.74) is 4.70. The summed E-state index contributed by atoms with van der Waals surface area (Å²) in [6.45, 7) is 4.97. The van der Waals surface area contributed by atoms with E-state index in [4.69, 9.17) is 12.2 Å². The highest BCUT2D eigenvalue weighted by Crippen LogP contribution is 2.26. The summed E-state index contributed by atoms with van der Waals surface area (Å²) in [5, 5.41) is 12.8. The number of para-hydroxylation sites is 1. The second kappa shape index (κ2) is 7.85. The second-order valence-electron chi connectivity index (χ2n) is 6.58. The maximum absolute atomic E-state index is 5.31. The van der Waals surface area contributed by atoms with Gasteiger partial charge in [0.25, 0.3) is 0 Å². The zero-order chi connectivity index (χ0) is 19.7. The maximum atomic E-state index is 5.31. The summed E-state index contributed by atoms with van der Waals surface area (Å²) in [6.07, 6.45) is 2.65. The molecule has 0 saturated heterocycles. The van der Waals surface area contributed by atoms with Crippen molar-refractivity contribution in [2.75, 3.05) is 0 Å². The molecule has 4 rings (SSSR count). The number of hydrogen-bond donors (Lipinski definition) is 1. The molecule has 7 heteroatoms. The molecule has 4 aromatic rings. The molecule has 1 N–H and O–H groups in total. The van der Waals surface area contributed by atoms with Crippen LogP contribution in [0.15, 0.2) is 58.1 Å². The van der Waals surface area contributed by atoms with Gasteiger partial charge in [-0.25, -0.2) is 0 Å². The van der Waals surface area contributed by atoms with E-state index < -0.39 is 0 Å². The molecular formula is C21H20BrN5S. The lowest BCUT2D eigenvalue weighted by Gasteiger charge is -2.09. The highest BCUT2D eigenvalue weighted by Gasteiger charge is 2.13. The molecule has 0 aliphatic carbocycles. The number of nitrogens with one attached hydrogen (secondary N) is 1. The summed E-state index contributed by atoms with van der Waals surface area (Å²) in [6, 6.07) is 16.9. The first-order valence-electron chi connectivity index (χ1n) is 9.11. The van der Waals surface area contributed by atoms with Crippen molar-refractivity contribution in [3.8, 4) is 0 Å². The summed E-state index contributed by atoms with van der Waals surface area (Å²) in [4.78, 5) is 0. The first-order chi connectivity index (χ1) is 13.6. The molecule has 0 radical (unpaired) electrons. The van der Waals surface area contributed by atoms with Crippen molar-refractivity contribution in [2.45, 2.75) is 26.8 Å². The van der Waals surface area contributed by atoms with Crippen molar-refractivity contribution in [3.05, 3.63) is 80.4 Å². The van der Waals surface area contributed by atoms with Crippen molar-refractivity contribution in [1.82, 2.24) is 19.4 Å². The van der Waals surface area contributed by atoms with Crippen molar-refractivity contribution >= 4 is 45.3 Å². The minimum atomic E-state index is 0.504. The van der Waals surface area contributed by atoms with Gasteiger partial charge >= 0.3 is 0 Å². The molecule has 0 atom stereocenters. The van der Waals surface area contributed by atoms with E-state index in [0.717, 1.165) is 28.8 Å². The van der Waals surface area contributed by atoms with Gasteiger partial charge < -0.3 is 4.57 Å². The van der Waals surface area contributed by atoms with Gasteiger partial charge in [-0.3, -0.25) is 5.10 Å². The normalized spacial score (nSPS) is 11.7. The van der Waals surface area contributed by atoms with Crippen molar-refractivity contribution in [3.63, 3.8) is 0 Å². The number of aromatic nitrogens is 4. The molecule has 2 heterocycles. The number of aromatic amines is 1. The van der Waals surface area contributed by atoms with Gasteiger partial charge in [-0.2, -0.15) is 14.9 Å². The summed E-state index contributed by atoms with van der Waals surface area (Å²) in [5.74, 6) is 0.817. The average molecular weight is 454 g/mol. The molecular weight excluding hydrogens is 434 g/mol. The Morgan fingerprint density at radius 2 is 1.93 bits per heavy atom. The fourth-order valence-corrected chi connectivity index (χ4v) is 3.85. The van der Waals surface area contributed by atoms with E-state index in [2.05, 4.69) is 91.3 Å². The molecule has 0 aliphatic rings. The molecule has 0 bridgehead atoms. The summed E-state index contributed by atoms with van der Waals surface area (Å²) >= 11 is 8.81. The van der Waals surface area contributed by atoms with Crippen molar-refractivity contribution < 1.29 is 0 Å². The number of rotatable bonds is 5. The number of fused-ring (bicyclic) bond motifs is 1. The lowest BCUT2D eigenvalue weighted by atomic mass is 10.1. The Labute approximate surface area is 176 Å². The van der Waals surface area contributed by atoms with Gasteiger partial charge in [0.2, 0.25) is 4.77 Å². The van der Waals surface area contributed by atoms with Gasteiger partial charge in [-0.05, 0) is 42.9 Å². The Balaban J connectivity index is 1.80. The van der Waals surface area contributed by atoms with Gasteiger partial charge in [-0.1, -0.05) is 53.2 Å². The molecule has 0 aliphatic heterocycles. The second-order valence-corrected chi connectivity index (χ2v) is 7.89. The van der Waals surface area contributed by atoms with E-state index in [1.165, 1.54) is 22.2 Å². The largest absolute Gasteiger partial charge is 0.340 e. The van der Waals surface area contributed by atoms with Crippen molar-refractivity contribution in [1.29, 1.82) is 0 Å². The minimum Gasteiger partial charge on any atom is -0.340 e. The Morgan fingerprint density at radius 3 is 2.68 bits per heavy atom. The van der Waals surface area contributed by atoms with Crippen LogP contribution in [0.2, 0.25) is 0 Å². The number of nitrogens with zero attached hydrogens (tertiary/aromatic N) is 4. The third-order valence-electron chi connectivity index (χ3n) is 4.87. The monoisotopic (exact) mass is 453 g/mol. The molecule has 0 fully saturated rings. The van der Waals surface area contributed by atoms with Crippen LogP contribution < -0.4 is 0 Å². The van der Waals surface area contributed by atoms with E-state index in [0.29, 0.717) is 4.77 Å². The molecule has 0 amide bonds. The van der Waals surface area contributed by atoms with Crippen LogP contribution in [0.4, 0.5) is 0 Å². The van der Waals surface area contributed by atoms with E-state index in [-0.39, 0.29) is 0 Å². The Morgan fingerprint density at radius 1 is 1.18 bits per heavy atom. The number of H-pyrrole nitrogens is 1. The molecule has 0 unspecified atom stereocenters. The van der Waals surface area contributed by atoms with Crippen molar-refractivity contribution in [2.24, 2.45) is 5.10 Å². The molecule has 2 aromatic heterocycles. The lowest BCUT2D eigenvalue weighted by Crippen LogP contribution is -2.02. The molecule has 28 heavy (non-hydrogen) atoms. The van der Waals surface area contributed by atoms with Crippen LogP contribution in [0.1, 0.15) is 29.6 Å². The smallest absolute Gasteiger partial charge is 0.216 e. The third kappa shape index (κ3) is 3.47. The fourth-order valence-electron chi connectivity index (χ4n) is 3.38. The number of halogens is 1. The van der Waals surface area contributed by atoms with Crippen LogP contribution in [0.5, 0.6) is 0 Å². The Kier molecular flexibility index (Phi) is 5.28. The molecule has 142 valence electrons. The quantitative estimate of drug-likeness (QED) is 0.322. The lowest BCUT2D eigenvalue weighted by molar-refractivity contribution is 0.779. The fraction of sp³-hybridized carbons (Fsp3) is 0.190. The SMILES string of the molecule is CCc1n[nH]c(=S)n1/N=C\c1c(C)n(Cc2ccc(Br)cc2)c2ccccc12. The number of benzene rings is 2. The predicted molar refractivity (Wildman–Crippen MR) is 120 cm³/mol. The molecule has 2 aromatic carbocycles. The first-order valence-corrected chi connectivity index (χ1v) is 10.3. The van der Waals surface area contributed by atoms with Crippen LogP contribution in [0.3, 0.4) is 0 Å². The van der Waals surface area contributed by atoms with Crippen LogP contribution in [0.25, 0.3) is 10.9 Å². The summed E-state index contributed by atoms with van der Waals surface area (Å²) < 4.78 is 5.61. The van der Waals surface area contributed by atoms with E-state index in [1.54, 1.807) is 4.68 Å². The van der Waals surface area contributed by atoms with Crippen LogP contribution in [-0.4, -0.2) is 25.7 Å². The standard InChI is InChI=1S/C21H20BrN5S/c1-3-20-24-25-21(28)27(20)23-12-18-14(2)26(19-7-5-4-6-17(18)19)13-15-8-10-16(22)11-9-15/h4-12H,3,13H2,1-2H3,(H,25,28)/b23-12-. The van der Waals surface area contributed by atoms with Gasteiger partial charge in [-0.15, -0.1) is 0 Å². The van der Waals surface area contributed by atoms with E-state index in [1.807, 2.05) is 13.1 Å². The number of aryl methyl sites for hydroxylation is 1. The third-order valence-corrected chi connectivity index (χ3v) is 5.66.